The summed E-state index contributed by atoms with van der Waals surface area (Å²) in [6.07, 6.45) is 2.04. The number of hydrogen-bond acceptors (Lipinski definition) is 4. The lowest BCUT2D eigenvalue weighted by Gasteiger charge is -2.17. The molecule has 0 saturated carbocycles. The zero-order valence-corrected chi connectivity index (χ0v) is 15.3. The number of nitrogen functional groups attached to an aromatic ring is 1. The number of amides is 1. The van der Waals surface area contributed by atoms with Crippen LogP contribution in [0.25, 0.3) is 0 Å². The van der Waals surface area contributed by atoms with Gasteiger partial charge in [0, 0.05) is 15.1 Å². The Morgan fingerprint density at radius 1 is 1.29 bits per heavy atom. The van der Waals surface area contributed by atoms with Crippen molar-refractivity contribution in [1.29, 1.82) is 0 Å². The van der Waals surface area contributed by atoms with Gasteiger partial charge in [-0.15, -0.1) is 0 Å². The number of nitrogens with one attached hydrogen (secondary N) is 1. The summed E-state index contributed by atoms with van der Waals surface area (Å²) in [6, 6.07) is 12.0. The van der Waals surface area contributed by atoms with E-state index in [2.05, 4.69) is 27.9 Å². The summed E-state index contributed by atoms with van der Waals surface area (Å²) in [4.78, 5) is 12.0. The maximum atomic E-state index is 12.0. The summed E-state index contributed by atoms with van der Waals surface area (Å²) in [6.45, 7) is 1.77. The minimum absolute atomic E-state index is 0.0321. The van der Waals surface area contributed by atoms with Gasteiger partial charge in [0.25, 0.3) is 0 Å². The molecule has 0 radical (unpaired) electrons. The zero-order valence-electron chi connectivity index (χ0n) is 13.1. The average Bonchev–Trinajstić information content (AvgIpc) is 2.56. The SMILES string of the molecule is C[C@@H](/C=C/C(=O)Nc1ccccc1N)[C@@H](O)c1cc(I)ccc1O. The largest absolute Gasteiger partial charge is 0.508 e. The molecule has 2 rings (SSSR count). The van der Waals surface area contributed by atoms with Crippen molar-refractivity contribution < 1.29 is 15.0 Å². The van der Waals surface area contributed by atoms with Crippen molar-refractivity contribution in [3.05, 3.63) is 63.8 Å². The Kier molecular flexibility index (Phi) is 6.22. The second-order valence-electron chi connectivity index (χ2n) is 5.44. The molecule has 126 valence electrons. The van der Waals surface area contributed by atoms with Gasteiger partial charge in [0.1, 0.15) is 5.75 Å². The van der Waals surface area contributed by atoms with Gasteiger partial charge in [0.05, 0.1) is 17.5 Å². The zero-order chi connectivity index (χ0) is 17.7. The van der Waals surface area contributed by atoms with E-state index < -0.39 is 6.10 Å². The molecule has 0 fully saturated rings. The molecule has 0 bridgehead atoms. The van der Waals surface area contributed by atoms with Crippen LogP contribution in [0.1, 0.15) is 18.6 Å². The van der Waals surface area contributed by atoms with E-state index >= 15 is 0 Å². The molecule has 24 heavy (non-hydrogen) atoms. The van der Waals surface area contributed by atoms with Crippen molar-refractivity contribution >= 4 is 39.9 Å². The molecular formula is C18H19IN2O3. The third-order valence-electron chi connectivity index (χ3n) is 3.58. The van der Waals surface area contributed by atoms with E-state index in [1.54, 1.807) is 55.5 Å². The van der Waals surface area contributed by atoms with Gasteiger partial charge in [0.2, 0.25) is 5.91 Å². The monoisotopic (exact) mass is 438 g/mol. The van der Waals surface area contributed by atoms with Crippen LogP contribution in [0, 0.1) is 9.49 Å². The molecule has 0 aliphatic rings. The van der Waals surface area contributed by atoms with E-state index in [0.717, 1.165) is 3.57 Å². The highest BCUT2D eigenvalue weighted by atomic mass is 127. The van der Waals surface area contributed by atoms with E-state index in [1.807, 2.05) is 0 Å². The number of benzene rings is 2. The van der Waals surface area contributed by atoms with Crippen molar-refractivity contribution in [1.82, 2.24) is 0 Å². The van der Waals surface area contributed by atoms with Crippen LogP contribution in [-0.2, 0) is 4.79 Å². The van der Waals surface area contributed by atoms with E-state index in [1.165, 1.54) is 6.08 Å². The Bertz CT molecular complexity index is 762. The van der Waals surface area contributed by atoms with Gasteiger partial charge in [-0.05, 0) is 59.0 Å². The number of carbonyl (C=O) groups is 1. The Morgan fingerprint density at radius 3 is 2.71 bits per heavy atom. The van der Waals surface area contributed by atoms with Crippen molar-refractivity contribution in [3.8, 4) is 5.75 Å². The van der Waals surface area contributed by atoms with Gasteiger partial charge in [-0.3, -0.25) is 4.79 Å². The van der Waals surface area contributed by atoms with Crippen LogP contribution in [0.3, 0.4) is 0 Å². The lowest BCUT2D eigenvalue weighted by Crippen LogP contribution is -2.12. The number of nitrogens with two attached hydrogens (primary N) is 1. The number of anilines is 2. The fourth-order valence-electron chi connectivity index (χ4n) is 2.18. The number of para-hydroxylation sites is 2. The smallest absolute Gasteiger partial charge is 0.248 e. The van der Waals surface area contributed by atoms with E-state index in [4.69, 9.17) is 5.73 Å². The van der Waals surface area contributed by atoms with Crippen LogP contribution in [-0.4, -0.2) is 16.1 Å². The predicted molar refractivity (Wildman–Crippen MR) is 104 cm³/mol. The summed E-state index contributed by atoms with van der Waals surface area (Å²) in [5.41, 5.74) is 7.23. The Morgan fingerprint density at radius 2 is 2.00 bits per heavy atom. The average molecular weight is 438 g/mol. The second-order valence-corrected chi connectivity index (χ2v) is 6.69. The molecule has 2 aromatic rings. The number of aliphatic hydroxyl groups is 1. The molecule has 1 amide bonds. The lowest BCUT2D eigenvalue weighted by molar-refractivity contribution is -0.111. The quantitative estimate of drug-likeness (QED) is 0.327. The number of halogens is 1. The van der Waals surface area contributed by atoms with Crippen LogP contribution in [0.2, 0.25) is 0 Å². The maximum absolute atomic E-state index is 12.0. The van der Waals surface area contributed by atoms with Crippen LogP contribution in [0.5, 0.6) is 5.75 Å². The van der Waals surface area contributed by atoms with Gasteiger partial charge >= 0.3 is 0 Å². The highest BCUT2D eigenvalue weighted by molar-refractivity contribution is 14.1. The first kappa shape index (κ1) is 18.3. The third-order valence-corrected chi connectivity index (χ3v) is 4.25. The van der Waals surface area contributed by atoms with Gasteiger partial charge in [-0.2, -0.15) is 0 Å². The lowest BCUT2D eigenvalue weighted by atomic mass is 9.96. The van der Waals surface area contributed by atoms with Crippen LogP contribution in [0.4, 0.5) is 11.4 Å². The number of carbonyl (C=O) groups excluding carboxylic acids is 1. The molecule has 0 aliphatic heterocycles. The fourth-order valence-corrected chi connectivity index (χ4v) is 2.69. The van der Waals surface area contributed by atoms with Gasteiger partial charge < -0.3 is 21.3 Å². The van der Waals surface area contributed by atoms with E-state index in [9.17, 15) is 15.0 Å². The summed E-state index contributed by atoms with van der Waals surface area (Å²) in [7, 11) is 0. The number of hydrogen-bond donors (Lipinski definition) is 4. The Hall–Kier alpha value is -2.06. The van der Waals surface area contributed by atoms with E-state index in [-0.39, 0.29) is 17.6 Å². The first-order valence-electron chi connectivity index (χ1n) is 7.38. The predicted octanol–water partition coefficient (Wildman–Crippen LogP) is 3.44. The summed E-state index contributed by atoms with van der Waals surface area (Å²) < 4.78 is 0.910. The van der Waals surface area contributed by atoms with Crippen molar-refractivity contribution in [2.24, 2.45) is 5.92 Å². The molecule has 6 heteroatoms. The second kappa shape index (κ2) is 8.16. The summed E-state index contributed by atoms with van der Waals surface area (Å²) in [5.74, 6) is -0.656. The third kappa shape index (κ3) is 4.72. The summed E-state index contributed by atoms with van der Waals surface area (Å²) in [5, 5.41) is 22.9. The minimum atomic E-state index is -0.912. The molecular weight excluding hydrogens is 419 g/mol. The topological polar surface area (TPSA) is 95.6 Å². The van der Waals surface area contributed by atoms with Gasteiger partial charge in [-0.25, -0.2) is 0 Å². The normalized spacial score (nSPS) is 13.6. The number of phenolic OH excluding ortho intramolecular Hbond substituents is 1. The number of aromatic hydroxyl groups is 1. The highest BCUT2D eigenvalue weighted by Gasteiger charge is 2.18. The standard InChI is InChI=1S/C18H19IN2O3/c1-11(18(24)13-10-12(19)7-8-16(13)22)6-9-17(23)21-15-5-3-2-4-14(15)20/h2-11,18,22,24H,20H2,1H3,(H,21,23)/b9-6+/t11-,18+/m0/s1. The van der Waals surface area contributed by atoms with Gasteiger partial charge in [0.15, 0.2) is 0 Å². The van der Waals surface area contributed by atoms with Crippen molar-refractivity contribution in [2.45, 2.75) is 13.0 Å². The van der Waals surface area contributed by atoms with Gasteiger partial charge in [-0.1, -0.05) is 25.1 Å². The molecule has 0 heterocycles. The van der Waals surface area contributed by atoms with Crippen LogP contribution < -0.4 is 11.1 Å². The van der Waals surface area contributed by atoms with Crippen molar-refractivity contribution in [3.63, 3.8) is 0 Å². The highest BCUT2D eigenvalue weighted by Crippen LogP contribution is 2.31. The number of phenols is 1. The summed E-state index contributed by atoms with van der Waals surface area (Å²) >= 11 is 2.11. The number of rotatable bonds is 5. The Labute approximate surface area is 154 Å². The molecule has 0 aromatic heterocycles. The molecule has 0 aliphatic carbocycles. The molecule has 5 nitrogen and oxygen atoms in total. The van der Waals surface area contributed by atoms with Crippen LogP contribution in [0.15, 0.2) is 54.6 Å². The molecule has 2 aromatic carbocycles. The van der Waals surface area contributed by atoms with Crippen molar-refractivity contribution in [2.75, 3.05) is 11.1 Å². The molecule has 2 atom stereocenters. The van der Waals surface area contributed by atoms with E-state index in [0.29, 0.717) is 16.9 Å². The minimum Gasteiger partial charge on any atom is -0.508 e. The van der Waals surface area contributed by atoms with Crippen LogP contribution >= 0.6 is 22.6 Å². The molecule has 0 unspecified atom stereocenters. The first-order valence-corrected chi connectivity index (χ1v) is 8.46. The number of aliphatic hydroxyl groups excluding tert-OH is 1. The fraction of sp³-hybridized carbons (Fsp3) is 0.167. The first-order chi connectivity index (χ1) is 11.4. The molecule has 0 spiro atoms. The Balaban J connectivity index is 2.04. The maximum Gasteiger partial charge on any atom is 0.248 e. The molecule has 0 saturated heterocycles. The molecule has 5 N–H and O–H groups in total.